The van der Waals surface area contributed by atoms with E-state index in [1.807, 2.05) is 19.1 Å². The van der Waals surface area contributed by atoms with E-state index in [-0.39, 0.29) is 22.6 Å². The second-order valence-electron chi connectivity index (χ2n) is 12.9. The number of carbonyl (C=O) groups excluding carboxylic acids is 1. The summed E-state index contributed by atoms with van der Waals surface area (Å²) < 4.78 is 41.6. The molecule has 4 heterocycles. The molecule has 0 saturated carbocycles. The summed E-state index contributed by atoms with van der Waals surface area (Å²) in [5, 5.41) is 3.83. The van der Waals surface area contributed by atoms with E-state index in [4.69, 9.17) is 21.1 Å². The molecular weight excluding hydrogens is 666 g/mol. The van der Waals surface area contributed by atoms with Gasteiger partial charge in [-0.05, 0) is 75.2 Å². The average molecular weight is 704 g/mol. The Morgan fingerprint density at radius 1 is 1.06 bits per heavy atom. The van der Waals surface area contributed by atoms with Gasteiger partial charge >= 0.3 is 6.09 Å². The number of benzene rings is 2. The maximum atomic E-state index is 14.0. The maximum absolute atomic E-state index is 14.0. The van der Waals surface area contributed by atoms with E-state index in [1.54, 1.807) is 81.7 Å². The zero-order valence-corrected chi connectivity index (χ0v) is 29.3. The van der Waals surface area contributed by atoms with Crippen molar-refractivity contribution in [2.45, 2.75) is 44.2 Å². The summed E-state index contributed by atoms with van der Waals surface area (Å²) in [5.74, 6) is 0. The van der Waals surface area contributed by atoms with Crippen molar-refractivity contribution in [1.82, 2.24) is 18.8 Å². The number of carbonyl (C=O) groups is 1. The molecule has 1 atom stereocenters. The molecule has 0 bridgehead atoms. The average Bonchev–Trinajstić information content (AvgIpc) is 3.45. The predicted octanol–water partition coefficient (Wildman–Crippen LogP) is 6.01. The molecule has 1 aliphatic heterocycles. The summed E-state index contributed by atoms with van der Waals surface area (Å²) in [6.45, 7) is 9.74. The molecule has 256 valence electrons. The molecule has 1 aliphatic rings. The van der Waals surface area contributed by atoms with Crippen molar-refractivity contribution in [3.63, 3.8) is 0 Å². The Hall–Kier alpha value is -4.65. The van der Waals surface area contributed by atoms with Crippen LogP contribution in [0, 0.1) is 6.92 Å². The minimum Gasteiger partial charge on any atom is -0.444 e. The Morgan fingerprint density at radius 2 is 1.80 bits per heavy atom. The van der Waals surface area contributed by atoms with E-state index in [0.29, 0.717) is 53.4 Å². The van der Waals surface area contributed by atoms with Crippen molar-refractivity contribution in [3.05, 3.63) is 112 Å². The first-order chi connectivity index (χ1) is 23.3. The molecule has 0 radical (unpaired) electrons. The molecule has 2 aromatic carbocycles. The first-order valence-electron chi connectivity index (χ1n) is 15.9. The Balaban J connectivity index is 1.44. The number of alkyl carbamates (subject to hydrolysis) is 1. The summed E-state index contributed by atoms with van der Waals surface area (Å²) in [7, 11) is -4.04. The van der Waals surface area contributed by atoms with E-state index in [2.05, 4.69) is 15.2 Å². The molecule has 1 amide bonds. The number of rotatable bonds is 8. The van der Waals surface area contributed by atoms with Gasteiger partial charge < -0.3 is 24.3 Å². The largest absolute Gasteiger partial charge is 0.444 e. The Labute approximate surface area is 290 Å². The van der Waals surface area contributed by atoms with Crippen molar-refractivity contribution in [2.75, 3.05) is 37.7 Å². The number of aromatic nitrogens is 3. The quantitative estimate of drug-likeness (QED) is 0.208. The first-order valence-corrected chi connectivity index (χ1v) is 17.7. The second-order valence-corrected chi connectivity index (χ2v) is 15.2. The van der Waals surface area contributed by atoms with Gasteiger partial charge in [-0.1, -0.05) is 41.4 Å². The maximum Gasteiger partial charge on any atom is 0.407 e. The van der Waals surface area contributed by atoms with E-state index >= 15 is 0 Å². The lowest BCUT2D eigenvalue weighted by Crippen LogP contribution is -2.38. The number of fused-ring (bicyclic) bond motifs is 1. The van der Waals surface area contributed by atoms with Crippen LogP contribution in [0.15, 0.2) is 95.0 Å². The van der Waals surface area contributed by atoms with Gasteiger partial charge in [0.15, 0.2) is 5.65 Å². The zero-order valence-electron chi connectivity index (χ0n) is 27.7. The Morgan fingerprint density at radius 3 is 2.47 bits per heavy atom. The number of hydrogen-bond acceptors (Lipinski definition) is 8. The third-order valence-corrected chi connectivity index (χ3v) is 10.1. The number of amides is 1. The lowest BCUT2D eigenvalue weighted by Gasteiger charge is -2.28. The molecule has 1 unspecified atom stereocenters. The molecule has 5 aromatic rings. The van der Waals surface area contributed by atoms with Crippen LogP contribution in [0.3, 0.4) is 0 Å². The van der Waals surface area contributed by atoms with Gasteiger partial charge in [0.25, 0.3) is 15.6 Å². The molecule has 0 aliphatic carbocycles. The van der Waals surface area contributed by atoms with Crippen molar-refractivity contribution in [2.24, 2.45) is 0 Å². The summed E-state index contributed by atoms with van der Waals surface area (Å²) in [5.41, 5.74) is 2.69. The standard InChI is InChI=1S/C36H38ClN5O6S/c1-24-8-10-29(11-9-24)49(45,46)42-23-31(30-20-28(21-38-34(30)42)40-14-16-47-17-15-40)25-12-13-41(33(43)19-25)32(26-6-5-7-27(37)18-26)22-39-35(44)48-36(2,3)4/h5-13,18-21,23,32H,14-17,22H2,1-4H3,(H,39,44). The van der Waals surface area contributed by atoms with Crippen LogP contribution in [0.25, 0.3) is 22.2 Å². The number of aryl methyl sites for hydroxylation is 1. The number of hydrogen-bond donors (Lipinski definition) is 1. The topological polar surface area (TPSA) is 125 Å². The lowest BCUT2D eigenvalue weighted by molar-refractivity contribution is 0.0522. The fourth-order valence-electron chi connectivity index (χ4n) is 5.80. The molecule has 1 fully saturated rings. The van der Waals surface area contributed by atoms with Crippen LogP contribution < -0.4 is 15.8 Å². The van der Waals surface area contributed by atoms with Crippen molar-refractivity contribution in [1.29, 1.82) is 0 Å². The van der Waals surface area contributed by atoms with Gasteiger partial charge in [-0.3, -0.25) is 4.79 Å². The molecule has 11 nitrogen and oxygen atoms in total. The van der Waals surface area contributed by atoms with Crippen LogP contribution in [0.1, 0.15) is 37.9 Å². The first kappa shape index (κ1) is 34.2. The van der Waals surface area contributed by atoms with Crippen LogP contribution in [-0.4, -0.2) is 66.5 Å². The Bertz CT molecular complexity index is 2170. The molecule has 0 spiro atoms. The summed E-state index contributed by atoms with van der Waals surface area (Å²) in [6, 6.07) is 18.2. The number of halogens is 1. The van der Waals surface area contributed by atoms with Gasteiger partial charge in [0, 0.05) is 54.1 Å². The van der Waals surface area contributed by atoms with Crippen LogP contribution in [0.4, 0.5) is 10.5 Å². The predicted molar refractivity (Wildman–Crippen MR) is 190 cm³/mol. The van der Waals surface area contributed by atoms with Gasteiger partial charge in [0.1, 0.15) is 5.60 Å². The number of nitrogens with zero attached hydrogens (tertiary/aromatic N) is 4. The monoisotopic (exact) mass is 703 g/mol. The zero-order chi connectivity index (χ0) is 34.9. The molecule has 1 N–H and O–H groups in total. The van der Waals surface area contributed by atoms with Crippen LogP contribution in [-0.2, 0) is 19.5 Å². The van der Waals surface area contributed by atoms with E-state index in [1.165, 1.54) is 20.8 Å². The summed E-state index contributed by atoms with van der Waals surface area (Å²) >= 11 is 6.32. The lowest BCUT2D eigenvalue weighted by atomic mass is 10.0. The number of nitrogens with one attached hydrogen (secondary N) is 1. The van der Waals surface area contributed by atoms with E-state index < -0.39 is 27.8 Å². The minimum atomic E-state index is -4.04. The van der Waals surface area contributed by atoms with Crippen LogP contribution in [0.5, 0.6) is 0 Å². The fraction of sp³-hybridized carbons (Fsp3) is 0.306. The normalized spacial score (nSPS) is 14.5. The van der Waals surface area contributed by atoms with Crippen LogP contribution >= 0.6 is 11.6 Å². The number of anilines is 1. The Kier molecular flexibility index (Phi) is 9.56. The molecule has 13 heteroatoms. The molecule has 6 rings (SSSR count). The molecule has 3 aromatic heterocycles. The molecule has 49 heavy (non-hydrogen) atoms. The minimum absolute atomic E-state index is 0.0510. The van der Waals surface area contributed by atoms with Crippen molar-refractivity contribution >= 4 is 44.4 Å². The van der Waals surface area contributed by atoms with Crippen molar-refractivity contribution in [3.8, 4) is 11.1 Å². The third kappa shape index (κ3) is 7.51. The summed E-state index contributed by atoms with van der Waals surface area (Å²) in [6.07, 6.45) is 4.21. The van der Waals surface area contributed by atoms with Gasteiger partial charge in [-0.25, -0.2) is 22.2 Å². The molecule has 1 saturated heterocycles. The van der Waals surface area contributed by atoms with Gasteiger partial charge in [-0.15, -0.1) is 0 Å². The van der Waals surface area contributed by atoms with Gasteiger partial charge in [-0.2, -0.15) is 0 Å². The highest BCUT2D eigenvalue weighted by Crippen LogP contribution is 2.34. The van der Waals surface area contributed by atoms with E-state index in [0.717, 1.165) is 11.3 Å². The highest BCUT2D eigenvalue weighted by Gasteiger charge is 2.26. The van der Waals surface area contributed by atoms with Gasteiger partial charge in [0.2, 0.25) is 0 Å². The SMILES string of the molecule is Cc1ccc(S(=O)(=O)n2cc(-c3ccn(C(CNC(=O)OC(C)(C)C)c4cccc(Cl)c4)c(=O)c3)c3cc(N4CCOCC4)cnc32)cc1. The highest BCUT2D eigenvalue weighted by molar-refractivity contribution is 7.90. The number of ether oxygens (including phenoxy) is 2. The van der Waals surface area contributed by atoms with Crippen LogP contribution in [0.2, 0.25) is 5.02 Å². The smallest absolute Gasteiger partial charge is 0.407 e. The van der Waals surface area contributed by atoms with Crippen molar-refractivity contribution < 1.29 is 22.7 Å². The number of pyridine rings is 2. The summed E-state index contributed by atoms with van der Waals surface area (Å²) in [4.78, 5) is 33.4. The third-order valence-electron chi connectivity index (χ3n) is 8.22. The molecular formula is C36H38ClN5O6S. The van der Waals surface area contributed by atoms with Gasteiger partial charge in [0.05, 0.1) is 36.0 Å². The second kappa shape index (κ2) is 13.7. The fourth-order valence-corrected chi connectivity index (χ4v) is 7.32. The number of morpholine rings is 1. The van der Waals surface area contributed by atoms with E-state index in [9.17, 15) is 18.0 Å². The highest BCUT2D eigenvalue weighted by atomic mass is 35.5.